The van der Waals surface area contributed by atoms with Gasteiger partial charge in [0.2, 0.25) is 0 Å². The number of hydrogen-bond donors (Lipinski definition) is 1. The van der Waals surface area contributed by atoms with E-state index >= 15 is 0 Å². The van der Waals surface area contributed by atoms with E-state index in [1.165, 1.54) is 0 Å². The summed E-state index contributed by atoms with van der Waals surface area (Å²) >= 11 is 0. The second-order valence-corrected chi connectivity index (χ2v) is 7.82. The summed E-state index contributed by atoms with van der Waals surface area (Å²) in [4.78, 5) is 16.3. The minimum atomic E-state index is -0.911. The standard InChI is InChI=1S/C24H29N3O2/c1-4-7-22-25-23(27(26-22)15-14-17(2)3)16-18-10-12-19(13-11-18)20-8-5-6-9-21(20)24(28)29/h5-6,8-13,17H,4,7,14-16H2,1-3H3,(H,28,29). The predicted molar refractivity (Wildman–Crippen MR) is 115 cm³/mol. The molecule has 29 heavy (non-hydrogen) atoms. The first kappa shape index (κ1) is 20.8. The van der Waals surface area contributed by atoms with E-state index in [4.69, 9.17) is 10.1 Å². The Morgan fingerprint density at radius 2 is 1.83 bits per heavy atom. The first-order valence-corrected chi connectivity index (χ1v) is 10.3. The molecule has 0 amide bonds. The van der Waals surface area contributed by atoms with Crippen molar-refractivity contribution in [3.05, 3.63) is 71.3 Å². The van der Waals surface area contributed by atoms with E-state index in [0.29, 0.717) is 11.5 Å². The number of benzene rings is 2. The van der Waals surface area contributed by atoms with Crippen LogP contribution < -0.4 is 0 Å². The monoisotopic (exact) mass is 391 g/mol. The molecule has 5 heteroatoms. The van der Waals surface area contributed by atoms with E-state index < -0.39 is 5.97 Å². The third kappa shape index (κ3) is 5.31. The van der Waals surface area contributed by atoms with Crippen molar-refractivity contribution < 1.29 is 9.90 Å². The zero-order chi connectivity index (χ0) is 20.8. The predicted octanol–water partition coefficient (Wildman–Crippen LogP) is 5.23. The zero-order valence-corrected chi connectivity index (χ0v) is 17.4. The van der Waals surface area contributed by atoms with Gasteiger partial charge in [-0.15, -0.1) is 0 Å². The van der Waals surface area contributed by atoms with Gasteiger partial charge in [0.25, 0.3) is 0 Å². The molecule has 0 radical (unpaired) electrons. The Balaban J connectivity index is 1.82. The number of nitrogens with zero attached hydrogens (tertiary/aromatic N) is 3. The highest BCUT2D eigenvalue weighted by molar-refractivity contribution is 5.95. The Labute approximate surface area is 172 Å². The molecule has 0 aliphatic rings. The van der Waals surface area contributed by atoms with Gasteiger partial charge >= 0.3 is 5.97 Å². The van der Waals surface area contributed by atoms with Gasteiger partial charge in [-0.3, -0.25) is 0 Å². The van der Waals surface area contributed by atoms with Gasteiger partial charge < -0.3 is 5.11 Å². The molecule has 1 aromatic heterocycles. The summed E-state index contributed by atoms with van der Waals surface area (Å²) in [5.74, 6) is 1.62. The molecule has 0 saturated heterocycles. The van der Waals surface area contributed by atoms with Gasteiger partial charge in [0.1, 0.15) is 5.82 Å². The minimum absolute atomic E-state index is 0.317. The molecule has 0 unspecified atom stereocenters. The second-order valence-electron chi connectivity index (χ2n) is 7.82. The lowest BCUT2D eigenvalue weighted by Crippen LogP contribution is -2.08. The Morgan fingerprint density at radius 1 is 1.10 bits per heavy atom. The maximum Gasteiger partial charge on any atom is 0.336 e. The van der Waals surface area contributed by atoms with Gasteiger partial charge in [0.15, 0.2) is 5.82 Å². The highest BCUT2D eigenvalue weighted by Gasteiger charge is 2.13. The van der Waals surface area contributed by atoms with E-state index in [1.54, 1.807) is 12.1 Å². The van der Waals surface area contributed by atoms with Crippen molar-refractivity contribution in [3.63, 3.8) is 0 Å². The minimum Gasteiger partial charge on any atom is -0.478 e. The zero-order valence-electron chi connectivity index (χ0n) is 17.4. The molecule has 0 saturated carbocycles. The van der Waals surface area contributed by atoms with Crippen LogP contribution in [0.4, 0.5) is 0 Å². The molecule has 3 rings (SSSR count). The molecule has 152 valence electrons. The number of hydrogen-bond acceptors (Lipinski definition) is 3. The first-order valence-electron chi connectivity index (χ1n) is 10.3. The summed E-state index contributed by atoms with van der Waals surface area (Å²) in [7, 11) is 0. The van der Waals surface area contributed by atoms with Crippen molar-refractivity contribution in [2.24, 2.45) is 5.92 Å². The van der Waals surface area contributed by atoms with E-state index in [-0.39, 0.29) is 0 Å². The summed E-state index contributed by atoms with van der Waals surface area (Å²) in [6, 6.07) is 15.2. The number of carboxylic acids is 1. The van der Waals surface area contributed by atoms with Crippen molar-refractivity contribution in [2.75, 3.05) is 0 Å². The van der Waals surface area contributed by atoms with Crippen LogP contribution in [-0.2, 0) is 19.4 Å². The fourth-order valence-corrected chi connectivity index (χ4v) is 3.35. The van der Waals surface area contributed by atoms with Crippen LogP contribution in [0, 0.1) is 5.92 Å². The lowest BCUT2D eigenvalue weighted by Gasteiger charge is -2.09. The summed E-state index contributed by atoms with van der Waals surface area (Å²) in [5.41, 5.74) is 3.09. The third-order valence-electron chi connectivity index (χ3n) is 4.97. The normalized spacial score (nSPS) is 11.2. The fourth-order valence-electron chi connectivity index (χ4n) is 3.35. The summed E-state index contributed by atoms with van der Waals surface area (Å²) < 4.78 is 2.05. The highest BCUT2D eigenvalue weighted by Crippen LogP contribution is 2.24. The van der Waals surface area contributed by atoms with Crippen molar-refractivity contribution in [2.45, 2.75) is 53.0 Å². The largest absolute Gasteiger partial charge is 0.478 e. The van der Waals surface area contributed by atoms with Crippen molar-refractivity contribution >= 4 is 5.97 Å². The van der Waals surface area contributed by atoms with Gasteiger partial charge in [0, 0.05) is 19.4 Å². The maximum atomic E-state index is 11.5. The number of aromatic nitrogens is 3. The van der Waals surface area contributed by atoms with Crippen molar-refractivity contribution in [1.82, 2.24) is 14.8 Å². The molecule has 0 atom stereocenters. The Bertz CT molecular complexity index is 959. The average molecular weight is 392 g/mol. The Morgan fingerprint density at radius 3 is 2.48 bits per heavy atom. The number of aryl methyl sites for hydroxylation is 2. The van der Waals surface area contributed by atoms with E-state index in [0.717, 1.165) is 60.6 Å². The van der Waals surface area contributed by atoms with Crippen LogP contribution in [0.5, 0.6) is 0 Å². The maximum absolute atomic E-state index is 11.5. The molecule has 0 spiro atoms. The molecular formula is C24H29N3O2. The fraction of sp³-hybridized carbons (Fsp3) is 0.375. The lowest BCUT2D eigenvalue weighted by atomic mass is 9.98. The van der Waals surface area contributed by atoms with Gasteiger partial charge in [-0.05, 0) is 41.5 Å². The van der Waals surface area contributed by atoms with Gasteiger partial charge in [-0.1, -0.05) is 63.2 Å². The molecule has 2 aromatic carbocycles. The highest BCUT2D eigenvalue weighted by atomic mass is 16.4. The molecule has 0 fully saturated rings. The number of aromatic carboxylic acids is 1. The quantitative estimate of drug-likeness (QED) is 0.542. The molecular weight excluding hydrogens is 362 g/mol. The third-order valence-corrected chi connectivity index (χ3v) is 4.97. The van der Waals surface area contributed by atoms with Gasteiger partial charge in [-0.25, -0.2) is 14.5 Å². The molecule has 1 N–H and O–H groups in total. The van der Waals surface area contributed by atoms with Crippen molar-refractivity contribution in [3.8, 4) is 11.1 Å². The van der Waals surface area contributed by atoms with E-state index in [1.807, 2.05) is 24.3 Å². The first-order chi connectivity index (χ1) is 14.0. The van der Waals surface area contributed by atoms with Gasteiger partial charge in [0.05, 0.1) is 5.56 Å². The number of rotatable bonds is 9. The van der Waals surface area contributed by atoms with Crippen LogP contribution in [0.1, 0.15) is 61.2 Å². The van der Waals surface area contributed by atoms with Crippen LogP contribution >= 0.6 is 0 Å². The number of carboxylic acid groups (broad SMARTS) is 1. The Hall–Kier alpha value is -2.95. The van der Waals surface area contributed by atoms with E-state index in [9.17, 15) is 9.90 Å². The average Bonchev–Trinajstić information content (AvgIpc) is 3.08. The van der Waals surface area contributed by atoms with Gasteiger partial charge in [-0.2, -0.15) is 5.10 Å². The molecule has 1 heterocycles. The number of carbonyl (C=O) groups is 1. The van der Waals surface area contributed by atoms with Crippen LogP contribution in [0.3, 0.4) is 0 Å². The van der Waals surface area contributed by atoms with Crippen LogP contribution in [0.15, 0.2) is 48.5 Å². The smallest absolute Gasteiger partial charge is 0.336 e. The molecule has 3 aromatic rings. The van der Waals surface area contributed by atoms with Crippen molar-refractivity contribution in [1.29, 1.82) is 0 Å². The van der Waals surface area contributed by atoms with Crippen LogP contribution in [0.25, 0.3) is 11.1 Å². The lowest BCUT2D eigenvalue weighted by molar-refractivity contribution is 0.0697. The molecule has 0 aliphatic heterocycles. The summed E-state index contributed by atoms with van der Waals surface area (Å²) in [5, 5.41) is 14.1. The molecule has 0 aliphatic carbocycles. The molecule has 0 bridgehead atoms. The summed E-state index contributed by atoms with van der Waals surface area (Å²) in [6.45, 7) is 7.46. The topological polar surface area (TPSA) is 68.0 Å². The van der Waals surface area contributed by atoms with E-state index in [2.05, 4.69) is 37.6 Å². The Kier molecular flexibility index (Phi) is 6.81. The SMILES string of the molecule is CCCc1nc(Cc2ccc(-c3ccccc3C(=O)O)cc2)n(CCC(C)C)n1. The van der Waals surface area contributed by atoms with Crippen LogP contribution in [-0.4, -0.2) is 25.8 Å². The molecule has 5 nitrogen and oxygen atoms in total. The second kappa shape index (κ2) is 9.50. The summed E-state index contributed by atoms with van der Waals surface area (Å²) in [6.07, 6.45) is 3.72. The van der Waals surface area contributed by atoms with Crippen LogP contribution in [0.2, 0.25) is 0 Å².